The number of benzene rings is 1. The number of thioether (sulfide) groups is 1. The summed E-state index contributed by atoms with van der Waals surface area (Å²) < 4.78 is 13.4. The minimum absolute atomic E-state index is 0.0237. The van der Waals surface area contributed by atoms with E-state index in [9.17, 15) is 9.18 Å². The number of hydrogen-bond acceptors (Lipinski definition) is 3. The minimum atomic E-state index is -0.908. The zero-order valence-electron chi connectivity index (χ0n) is 8.61. The Morgan fingerprint density at radius 3 is 2.88 bits per heavy atom. The first-order valence-electron chi connectivity index (χ1n) is 4.61. The van der Waals surface area contributed by atoms with Gasteiger partial charge >= 0.3 is 5.97 Å². The predicted molar refractivity (Wildman–Crippen MR) is 58.7 cm³/mol. The van der Waals surface area contributed by atoms with E-state index < -0.39 is 11.8 Å². The van der Waals surface area contributed by atoms with Gasteiger partial charge in [-0.1, -0.05) is 6.92 Å². The lowest BCUT2D eigenvalue weighted by molar-refractivity contribution is -0.136. The maximum Gasteiger partial charge on any atom is 0.304 e. The normalized spacial score (nSPS) is 11.8. The Hall–Kier alpha value is -1.54. The van der Waals surface area contributed by atoms with Crippen molar-refractivity contribution in [3.05, 3.63) is 29.6 Å². The zero-order chi connectivity index (χ0) is 12.1. The molecule has 3 nitrogen and oxygen atoms in total. The SMILES string of the molecule is CC(CC(=O)O)Sc1ccc(C#N)cc1F. The Bertz CT molecular complexity index is 442. The number of nitriles is 1. The van der Waals surface area contributed by atoms with Gasteiger partial charge in [-0.3, -0.25) is 4.79 Å². The molecule has 16 heavy (non-hydrogen) atoms. The van der Waals surface area contributed by atoms with Gasteiger partial charge in [0.1, 0.15) is 5.82 Å². The van der Waals surface area contributed by atoms with Crippen LogP contribution < -0.4 is 0 Å². The fraction of sp³-hybridized carbons (Fsp3) is 0.273. The Morgan fingerprint density at radius 1 is 1.69 bits per heavy atom. The van der Waals surface area contributed by atoms with Crippen LogP contribution >= 0.6 is 11.8 Å². The van der Waals surface area contributed by atoms with Crippen LogP contribution in [0.5, 0.6) is 0 Å². The van der Waals surface area contributed by atoms with Gasteiger partial charge in [0.05, 0.1) is 18.1 Å². The van der Waals surface area contributed by atoms with Crippen LogP contribution in [0.1, 0.15) is 18.9 Å². The van der Waals surface area contributed by atoms with Crippen molar-refractivity contribution in [3.63, 3.8) is 0 Å². The predicted octanol–water partition coefficient (Wildman–Crippen LogP) is 2.65. The van der Waals surface area contributed by atoms with Crippen LogP contribution in [-0.4, -0.2) is 16.3 Å². The topological polar surface area (TPSA) is 61.1 Å². The molecule has 0 saturated carbocycles. The van der Waals surface area contributed by atoms with Gasteiger partial charge in [0.15, 0.2) is 0 Å². The Labute approximate surface area is 96.9 Å². The van der Waals surface area contributed by atoms with E-state index in [1.807, 2.05) is 6.07 Å². The number of carbonyl (C=O) groups is 1. The third-order valence-corrected chi connectivity index (χ3v) is 3.01. The zero-order valence-corrected chi connectivity index (χ0v) is 9.42. The third-order valence-electron chi connectivity index (χ3n) is 1.85. The maximum absolute atomic E-state index is 13.4. The van der Waals surface area contributed by atoms with Gasteiger partial charge in [-0.05, 0) is 18.2 Å². The third kappa shape index (κ3) is 3.55. The number of carboxylic acids is 1. The van der Waals surface area contributed by atoms with Crippen molar-refractivity contribution >= 4 is 17.7 Å². The Balaban J connectivity index is 2.75. The van der Waals surface area contributed by atoms with Crippen LogP contribution in [-0.2, 0) is 4.79 Å². The number of carboxylic acid groups (broad SMARTS) is 1. The summed E-state index contributed by atoms with van der Waals surface area (Å²) >= 11 is 1.15. The Morgan fingerprint density at radius 2 is 2.38 bits per heavy atom. The van der Waals surface area contributed by atoms with Gasteiger partial charge in [-0.25, -0.2) is 4.39 Å². The largest absolute Gasteiger partial charge is 0.481 e. The van der Waals surface area contributed by atoms with Crippen molar-refractivity contribution in [1.82, 2.24) is 0 Å². The second-order valence-electron chi connectivity index (χ2n) is 3.28. The standard InChI is InChI=1S/C11H10FNO2S/c1-7(4-11(14)15)16-10-3-2-8(6-13)5-9(10)12/h2-3,5,7H,4H2,1H3,(H,14,15). The molecule has 84 valence electrons. The molecular formula is C11H10FNO2S. The van der Waals surface area contributed by atoms with E-state index in [4.69, 9.17) is 10.4 Å². The van der Waals surface area contributed by atoms with Crippen molar-refractivity contribution in [2.24, 2.45) is 0 Å². The highest BCUT2D eigenvalue weighted by Crippen LogP contribution is 2.28. The number of aliphatic carboxylic acids is 1. The molecule has 0 aliphatic heterocycles. The second-order valence-corrected chi connectivity index (χ2v) is 4.76. The molecule has 0 saturated heterocycles. The van der Waals surface area contributed by atoms with Gasteiger partial charge in [0.25, 0.3) is 0 Å². The van der Waals surface area contributed by atoms with Gasteiger partial charge in [-0.2, -0.15) is 5.26 Å². The van der Waals surface area contributed by atoms with E-state index in [0.29, 0.717) is 4.90 Å². The second kappa shape index (κ2) is 5.52. The van der Waals surface area contributed by atoms with E-state index in [2.05, 4.69) is 0 Å². The number of halogens is 1. The maximum atomic E-state index is 13.4. The first-order valence-corrected chi connectivity index (χ1v) is 5.49. The summed E-state index contributed by atoms with van der Waals surface area (Å²) in [5, 5.41) is 16.9. The molecule has 0 heterocycles. The summed E-state index contributed by atoms with van der Waals surface area (Å²) in [5.41, 5.74) is 0.257. The summed E-state index contributed by atoms with van der Waals surface area (Å²) in [5.74, 6) is -1.39. The van der Waals surface area contributed by atoms with Gasteiger partial charge in [0.2, 0.25) is 0 Å². The summed E-state index contributed by atoms with van der Waals surface area (Å²) in [6.45, 7) is 1.72. The molecule has 0 radical (unpaired) electrons. The number of rotatable bonds is 4. The lowest BCUT2D eigenvalue weighted by Gasteiger charge is -2.09. The van der Waals surface area contributed by atoms with Crippen molar-refractivity contribution in [2.45, 2.75) is 23.5 Å². The lowest BCUT2D eigenvalue weighted by Crippen LogP contribution is -2.05. The molecule has 0 bridgehead atoms. The number of hydrogen-bond donors (Lipinski definition) is 1. The molecule has 0 aliphatic rings. The van der Waals surface area contributed by atoms with Gasteiger partial charge in [-0.15, -0.1) is 11.8 Å². The average molecular weight is 239 g/mol. The molecule has 1 aromatic carbocycles. The summed E-state index contributed by atoms with van der Waals surface area (Å²) in [6, 6.07) is 6.00. The lowest BCUT2D eigenvalue weighted by atomic mass is 10.2. The van der Waals surface area contributed by atoms with E-state index in [1.165, 1.54) is 12.1 Å². The van der Waals surface area contributed by atoms with E-state index in [0.717, 1.165) is 17.8 Å². The fourth-order valence-corrected chi connectivity index (χ4v) is 2.15. The van der Waals surface area contributed by atoms with E-state index in [1.54, 1.807) is 6.92 Å². The van der Waals surface area contributed by atoms with Crippen molar-refractivity contribution < 1.29 is 14.3 Å². The van der Waals surface area contributed by atoms with Gasteiger partial charge < -0.3 is 5.11 Å². The molecule has 1 unspecified atom stereocenters. The van der Waals surface area contributed by atoms with Crippen molar-refractivity contribution in [3.8, 4) is 6.07 Å². The quantitative estimate of drug-likeness (QED) is 0.820. The van der Waals surface area contributed by atoms with Crippen molar-refractivity contribution in [2.75, 3.05) is 0 Å². The molecule has 5 heteroatoms. The fourth-order valence-electron chi connectivity index (χ4n) is 1.17. The molecule has 0 amide bonds. The van der Waals surface area contributed by atoms with Gasteiger partial charge in [0, 0.05) is 10.1 Å². The van der Waals surface area contributed by atoms with Crippen LogP contribution in [0, 0.1) is 17.1 Å². The molecular weight excluding hydrogens is 229 g/mol. The molecule has 1 atom stereocenters. The van der Waals surface area contributed by atoms with Crippen LogP contribution in [0.4, 0.5) is 4.39 Å². The number of nitrogens with zero attached hydrogens (tertiary/aromatic N) is 1. The first-order chi connectivity index (χ1) is 7.52. The molecule has 0 aliphatic carbocycles. The molecule has 0 aromatic heterocycles. The summed E-state index contributed by atoms with van der Waals surface area (Å²) in [6.07, 6.45) is -0.0237. The smallest absolute Gasteiger partial charge is 0.304 e. The first kappa shape index (κ1) is 12.5. The molecule has 1 N–H and O–H groups in total. The highest BCUT2D eigenvalue weighted by Gasteiger charge is 2.12. The van der Waals surface area contributed by atoms with Crippen LogP contribution in [0.2, 0.25) is 0 Å². The summed E-state index contributed by atoms with van der Waals surface area (Å²) in [4.78, 5) is 10.8. The minimum Gasteiger partial charge on any atom is -0.481 e. The van der Waals surface area contributed by atoms with E-state index in [-0.39, 0.29) is 17.2 Å². The Kier molecular flexibility index (Phi) is 4.32. The van der Waals surface area contributed by atoms with Crippen LogP contribution in [0.3, 0.4) is 0 Å². The van der Waals surface area contributed by atoms with E-state index >= 15 is 0 Å². The van der Waals surface area contributed by atoms with Crippen LogP contribution in [0.15, 0.2) is 23.1 Å². The van der Waals surface area contributed by atoms with Crippen molar-refractivity contribution in [1.29, 1.82) is 5.26 Å². The molecule has 1 rings (SSSR count). The molecule has 1 aromatic rings. The average Bonchev–Trinajstić information content (AvgIpc) is 2.19. The monoisotopic (exact) mass is 239 g/mol. The highest BCUT2D eigenvalue weighted by molar-refractivity contribution is 8.00. The highest BCUT2D eigenvalue weighted by atomic mass is 32.2. The van der Waals surface area contributed by atoms with Crippen LogP contribution in [0.25, 0.3) is 0 Å². The molecule has 0 fully saturated rings. The molecule has 0 spiro atoms. The summed E-state index contributed by atoms with van der Waals surface area (Å²) in [7, 11) is 0.